The zero-order valence-electron chi connectivity index (χ0n) is 8.59. The SMILES string of the molecule is O=C(O)Cc1cc(CCl)nc(F)c1OC(F)(F)F. The molecule has 0 atom stereocenters. The van der Waals surface area contributed by atoms with E-state index in [0.29, 0.717) is 0 Å². The van der Waals surface area contributed by atoms with Crippen LogP contribution in [0.2, 0.25) is 0 Å². The van der Waals surface area contributed by atoms with E-state index in [1.165, 1.54) is 0 Å². The Morgan fingerprint density at radius 3 is 2.56 bits per heavy atom. The van der Waals surface area contributed by atoms with Gasteiger partial charge in [-0.1, -0.05) is 0 Å². The quantitative estimate of drug-likeness (QED) is 0.525. The number of halogens is 5. The topological polar surface area (TPSA) is 59.4 Å². The van der Waals surface area contributed by atoms with Crippen LogP contribution in [0.25, 0.3) is 0 Å². The molecule has 0 unspecified atom stereocenters. The summed E-state index contributed by atoms with van der Waals surface area (Å²) >= 11 is 5.35. The van der Waals surface area contributed by atoms with Crippen LogP contribution in [-0.4, -0.2) is 22.4 Å². The van der Waals surface area contributed by atoms with Crippen LogP contribution >= 0.6 is 11.6 Å². The number of rotatable bonds is 4. The lowest BCUT2D eigenvalue weighted by Crippen LogP contribution is -2.20. The van der Waals surface area contributed by atoms with E-state index in [0.717, 1.165) is 6.07 Å². The van der Waals surface area contributed by atoms with Gasteiger partial charge in [0.15, 0.2) is 5.75 Å². The van der Waals surface area contributed by atoms with Crippen molar-refractivity contribution in [1.29, 1.82) is 0 Å². The molecule has 1 rings (SSSR count). The molecule has 0 saturated heterocycles. The lowest BCUT2D eigenvalue weighted by Gasteiger charge is -2.13. The van der Waals surface area contributed by atoms with Crippen LogP contribution in [0, 0.1) is 5.95 Å². The van der Waals surface area contributed by atoms with Crippen LogP contribution in [0.1, 0.15) is 11.3 Å². The largest absolute Gasteiger partial charge is 0.573 e. The Hall–Kier alpha value is -1.57. The fraction of sp³-hybridized carbons (Fsp3) is 0.333. The number of aliphatic carboxylic acids is 1. The summed E-state index contributed by atoms with van der Waals surface area (Å²) in [5, 5.41) is 8.53. The molecule has 1 N–H and O–H groups in total. The van der Waals surface area contributed by atoms with Gasteiger partial charge in [-0.2, -0.15) is 4.39 Å². The molecule has 1 aromatic rings. The Labute approximate surface area is 103 Å². The van der Waals surface area contributed by atoms with Crippen molar-refractivity contribution < 1.29 is 32.2 Å². The van der Waals surface area contributed by atoms with E-state index in [9.17, 15) is 22.4 Å². The summed E-state index contributed by atoms with van der Waals surface area (Å²) in [6, 6.07) is 0.950. The van der Waals surface area contributed by atoms with E-state index < -0.39 is 36.0 Å². The maximum absolute atomic E-state index is 13.3. The zero-order chi connectivity index (χ0) is 13.9. The van der Waals surface area contributed by atoms with Crippen molar-refractivity contribution in [2.45, 2.75) is 18.7 Å². The maximum Gasteiger partial charge on any atom is 0.573 e. The molecule has 0 amide bonds. The summed E-state index contributed by atoms with van der Waals surface area (Å²) in [5.41, 5.74) is -0.567. The summed E-state index contributed by atoms with van der Waals surface area (Å²) in [5.74, 6) is -4.51. The predicted octanol–water partition coefficient (Wildman–Crippen LogP) is 2.49. The third kappa shape index (κ3) is 4.02. The highest BCUT2D eigenvalue weighted by Crippen LogP contribution is 2.29. The Bertz CT molecular complexity index is 464. The molecule has 0 aromatic carbocycles. The fourth-order valence-corrected chi connectivity index (χ4v) is 1.33. The van der Waals surface area contributed by atoms with Gasteiger partial charge in [0, 0.05) is 5.56 Å². The van der Waals surface area contributed by atoms with Gasteiger partial charge in [0.1, 0.15) is 0 Å². The molecule has 9 heteroatoms. The Balaban J connectivity index is 3.24. The number of nitrogens with zero attached hydrogens (tertiary/aromatic N) is 1. The van der Waals surface area contributed by atoms with Crippen molar-refractivity contribution in [3.63, 3.8) is 0 Å². The van der Waals surface area contributed by atoms with Gasteiger partial charge in [-0.15, -0.1) is 24.8 Å². The van der Waals surface area contributed by atoms with E-state index in [1.54, 1.807) is 0 Å². The monoisotopic (exact) mass is 287 g/mol. The number of hydrogen-bond donors (Lipinski definition) is 1. The van der Waals surface area contributed by atoms with Gasteiger partial charge in [0.2, 0.25) is 0 Å². The molecule has 1 heterocycles. The third-order valence-corrected chi connectivity index (χ3v) is 2.03. The molecule has 0 aliphatic carbocycles. The highest BCUT2D eigenvalue weighted by molar-refractivity contribution is 6.16. The van der Waals surface area contributed by atoms with Crippen LogP contribution in [0.15, 0.2) is 6.07 Å². The minimum absolute atomic E-state index is 0.0834. The number of alkyl halides is 4. The maximum atomic E-state index is 13.3. The molecular weight excluding hydrogens is 282 g/mol. The van der Waals surface area contributed by atoms with Crippen molar-refractivity contribution in [3.05, 3.63) is 23.3 Å². The van der Waals surface area contributed by atoms with Crippen LogP contribution in [0.3, 0.4) is 0 Å². The summed E-state index contributed by atoms with van der Waals surface area (Å²) in [6.45, 7) is 0. The average molecular weight is 288 g/mol. The van der Waals surface area contributed by atoms with Crippen LogP contribution < -0.4 is 4.74 Å². The van der Waals surface area contributed by atoms with E-state index in [-0.39, 0.29) is 11.6 Å². The second kappa shape index (κ2) is 5.38. The summed E-state index contributed by atoms with van der Waals surface area (Å²) in [4.78, 5) is 13.6. The van der Waals surface area contributed by atoms with Gasteiger partial charge in [0.05, 0.1) is 18.0 Å². The molecule has 0 spiro atoms. The molecular formula is C9H6ClF4NO3. The summed E-state index contributed by atoms with van der Waals surface area (Å²) in [7, 11) is 0. The molecule has 0 saturated carbocycles. The molecule has 0 fully saturated rings. The van der Waals surface area contributed by atoms with E-state index in [4.69, 9.17) is 16.7 Å². The third-order valence-electron chi connectivity index (χ3n) is 1.76. The number of carboxylic acid groups (broad SMARTS) is 1. The van der Waals surface area contributed by atoms with Crippen molar-refractivity contribution >= 4 is 17.6 Å². The number of ether oxygens (including phenoxy) is 1. The molecule has 0 aliphatic rings. The van der Waals surface area contributed by atoms with Crippen molar-refractivity contribution in [1.82, 2.24) is 4.98 Å². The zero-order valence-corrected chi connectivity index (χ0v) is 9.35. The number of aromatic nitrogens is 1. The van der Waals surface area contributed by atoms with E-state index >= 15 is 0 Å². The Morgan fingerprint density at radius 2 is 2.11 bits per heavy atom. The van der Waals surface area contributed by atoms with E-state index in [2.05, 4.69) is 9.72 Å². The number of carbonyl (C=O) groups is 1. The first-order valence-corrected chi connectivity index (χ1v) is 4.98. The smallest absolute Gasteiger partial charge is 0.481 e. The summed E-state index contributed by atoms with van der Waals surface area (Å²) in [6.07, 6.45) is -5.98. The van der Waals surface area contributed by atoms with Gasteiger partial charge in [0.25, 0.3) is 5.95 Å². The standard InChI is InChI=1S/C9H6ClF4NO3/c10-3-5-1-4(2-6(16)17)7(8(11)15-5)18-9(12,13)14/h1H,2-3H2,(H,16,17). The first kappa shape index (κ1) is 14.5. The lowest BCUT2D eigenvalue weighted by molar-refractivity contribution is -0.276. The number of hydrogen-bond acceptors (Lipinski definition) is 3. The van der Waals surface area contributed by atoms with Crippen molar-refractivity contribution in [2.75, 3.05) is 0 Å². The fourth-order valence-electron chi connectivity index (χ4n) is 1.19. The first-order valence-electron chi connectivity index (χ1n) is 4.44. The van der Waals surface area contributed by atoms with Gasteiger partial charge < -0.3 is 9.84 Å². The van der Waals surface area contributed by atoms with Crippen molar-refractivity contribution in [2.24, 2.45) is 0 Å². The van der Waals surface area contributed by atoms with Gasteiger partial charge in [-0.25, -0.2) is 4.98 Å². The molecule has 4 nitrogen and oxygen atoms in total. The predicted molar refractivity (Wildman–Crippen MR) is 51.8 cm³/mol. The Kier molecular flexibility index (Phi) is 4.33. The highest BCUT2D eigenvalue weighted by atomic mass is 35.5. The molecule has 18 heavy (non-hydrogen) atoms. The van der Waals surface area contributed by atoms with Crippen LogP contribution in [0.4, 0.5) is 17.6 Å². The second-order valence-electron chi connectivity index (χ2n) is 3.14. The number of carboxylic acids is 1. The molecule has 100 valence electrons. The van der Waals surface area contributed by atoms with Crippen LogP contribution in [-0.2, 0) is 17.1 Å². The lowest BCUT2D eigenvalue weighted by atomic mass is 10.1. The van der Waals surface area contributed by atoms with Gasteiger partial charge >= 0.3 is 12.3 Å². The minimum Gasteiger partial charge on any atom is -0.481 e. The van der Waals surface area contributed by atoms with Gasteiger partial charge in [-0.05, 0) is 6.07 Å². The van der Waals surface area contributed by atoms with Crippen LogP contribution in [0.5, 0.6) is 5.75 Å². The van der Waals surface area contributed by atoms with Crippen molar-refractivity contribution in [3.8, 4) is 5.75 Å². The minimum atomic E-state index is -5.14. The normalized spacial score (nSPS) is 11.4. The van der Waals surface area contributed by atoms with E-state index in [1.807, 2.05) is 0 Å². The summed E-state index contributed by atoms with van der Waals surface area (Å²) < 4.78 is 52.8. The second-order valence-corrected chi connectivity index (χ2v) is 3.41. The van der Waals surface area contributed by atoms with Gasteiger partial charge in [-0.3, -0.25) is 4.79 Å². The first-order chi connectivity index (χ1) is 8.23. The molecule has 0 bridgehead atoms. The average Bonchev–Trinajstić information content (AvgIpc) is 2.20. The number of pyridine rings is 1. The molecule has 1 aromatic heterocycles. The molecule has 0 radical (unpaired) electrons. The Morgan fingerprint density at radius 1 is 1.50 bits per heavy atom. The highest BCUT2D eigenvalue weighted by Gasteiger charge is 2.34. The molecule has 0 aliphatic heterocycles.